The number of amides is 2. The summed E-state index contributed by atoms with van der Waals surface area (Å²) in [5, 5.41) is 2.51. The predicted octanol–water partition coefficient (Wildman–Crippen LogP) is 5.14. The van der Waals surface area contributed by atoms with Crippen LogP contribution in [0.1, 0.15) is 33.2 Å². The number of halogens is 5. The number of primary amides is 1. The lowest BCUT2D eigenvalue weighted by atomic mass is 9.99. The van der Waals surface area contributed by atoms with Gasteiger partial charge in [0.05, 0.1) is 22.4 Å². The normalized spacial score (nSPS) is 16.4. The van der Waals surface area contributed by atoms with E-state index in [4.69, 9.17) is 5.73 Å². The maximum atomic E-state index is 14.1. The third-order valence-corrected chi connectivity index (χ3v) is 6.65. The predicted molar refractivity (Wildman–Crippen MR) is 134 cm³/mol. The Hall–Kier alpha value is -3.99. The Labute approximate surface area is 215 Å². The zero-order chi connectivity index (χ0) is 27.8. The fourth-order valence-electron chi connectivity index (χ4n) is 4.39. The smallest absolute Gasteiger partial charge is 0.369 e. The molecule has 4 rings (SSSR count). The molecule has 0 spiro atoms. The fraction of sp³-hybridized carbons (Fsp3) is 0.259. The molecule has 1 fully saturated rings. The molecule has 3 N–H and O–H groups in total. The summed E-state index contributed by atoms with van der Waals surface area (Å²) >= 11 is 0. The second kappa shape index (κ2) is 10.4. The lowest BCUT2D eigenvalue weighted by Crippen LogP contribution is -2.50. The SMILES string of the molecule is C[C@@H]1CN(c2ccc(-c3ccc(F)c(C(N)=O)c3)c(NC(=O)c3ccc(F)cc3C(F)(F)F)c2)CCN1C. The van der Waals surface area contributed by atoms with Gasteiger partial charge >= 0.3 is 6.18 Å². The van der Waals surface area contributed by atoms with Crippen molar-refractivity contribution in [2.75, 3.05) is 36.9 Å². The molecule has 1 aliphatic rings. The van der Waals surface area contributed by atoms with Gasteiger partial charge in [-0.15, -0.1) is 0 Å². The van der Waals surface area contributed by atoms with Crippen molar-refractivity contribution < 1.29 is 31.5 Å². The van der Waals surface area contributed by atoms with Gasteiger partial charge in [0.15, 0.2) is 0 Å². The Morgan fingerprint density at radius 2 is 1.71 bits per heavy atom. The average Bonchev–Trinajstić information content (AvgIpc) is 2.85. The van der Waals surface area contributed by atoms with Crippen LogP contribution in [0.2, 0.25) is 0 Å². The molecular weight excluding hydrogens is 507 g/mol. The van der Waals surface area contributed by atoms with E-state index in [0.717, 1.165) is 24.7 Å². The number of nitrogens with zero attached hydrogens (tertiary/aromatic N) is 2. The highest BCUT2D eigenvalue weighted by molar-refractivity contribution is 6.08. The number of anilines is 2. The van der Waals surface area contributed by atoms with Crippen LogP contribution >= 0.6 is 0 Å². The van der Waals surface area contributed by atoms with Crippen molar-refractivity contribution in [1.29, 1.82) is 0 Å². The summed E-state index contributed by atoms with van der Waals surface area (Å²) in [6.07, 6.45) is -4.97. The molecule has 3 aromatic carbocycles. The highest BCUT2D eigenvalue weighted by Crippen LogP contribution is 2.36. The van der Waals surface area contributed by atoms with E-state index in [1.165, 1.54) is 12.1 Å². The van der Waals surface area contributed by atoms with Crippen molar-refractivity contribution in [3.8, 4) is 11.1 Å². The van der Waals surface area contributed by atoms with E-state index in [-0.39, 0.29) is 23.4 Å². The number of benzene rings is 3. The van der Waals surface area contributed by atoms with Gasteiger partial charge in [0.1, 0.15) is 11.6 Å². The second-order valence-electron chi connectivity index (χ2n) is 9.21. The van der Waals surface area contributed by atoms with Crippen molar-refractivity contribution in [2.24, 2.45) is 5.73 Å². The molecule has 0 bridgehead atoms. The molecule has 1 aliphatic heterocycles. The number of alkyl halides is 3. The van der Waals surface area contributed by atoms with Gasteiger partial charge in [-0.3, -0.25) is 9.59 Å². The van der Waals surface area contributed by atoms with Gasteiger partial charge in [0.2, 0.25) is 0 Å². The van der Waals surface area contributed by atoms with E-state index in [0.29, 0.717) is 29.9 Å². The van der Waals surface area contributed by atoms with Crippen molar-refractivity contribution >= 4 is 23.2 Å². The number of nitrogens with two attached hydrogens (primary N) is 1. The molecule has 0 saturated carbocycles. The van der Waals surface area contributed by atoms with Crippen LogP contribution < -0.4 is 16.0 Å². The first-order valence-electron chi connectivity index (χ1n) is 11.7. The van der Waals surface area contributed by atoms with Crippen LogP contribution in [0.3, 0.4) is 0 Å². The Bertz CT molecular complexity index is 1390. The Morgan fingerprint density at radius 3 is 2.37 bits per heavy atom. The highest BCUT2D eigenvalue weighted by Gasteiger charge is 2.36. The largest absolute Gasteiger partial charge is 0.417 e. The first-order chi connectivity index (χ1) is 17.8. The zero-order valence-electron chi connectivity index (χ0n) is 20.6. The lowest BCUT2D eigenvalue weighted by Gasteiger charge is -2.39. The molecule has 1 heterocycles. The first-order valence-corrected chi connectivity index (χ1v) is 11.7. The number of carbonyl (C=O) groups excluding carboxylic acids is 2. The number of carbonyl (C=O) groups is 2. The van der Waals surface area contributed by atoms with Gasteiger partial charge in [-0.25, -0.2) is 8.78 Å². The minimum atomic E-state index is -4.97. The van der Waals surface area contributed by atoms with Crippen molar-refractivity contribution in [3.63, 3.8) is 0 Å². The number of likely N-dealkylation sites (N-methyl/N-ethyl adjacent to an activating group) is 1. The monoisotopic (exact) mass is 532 g/mol. The lowest BCUT2D eigenvalue weighted by molar-refractivity contribution is -0.138. The van der Waals surface area contributed by atoms with Crippen LogP contribution in [0.4, 0.5) is 33.3 Å². The number of piperazine rings is 1. The van der Waals surface area contributed by atoms with Gasteiger partial charge < -0.3 is 20.9 Å². The summed E-state index contributed by atoms with van der Waals surface area (Å²) in [6, 6.07) is 10.6. The first kappa shape index (κ1) is 27.1. The van der Waals surface area contributed by atoms with Crippen LogP contribution in [-0.2, 0) is 6.18 Å². The molecule has 0 unspecified atom stereocenters. The summed E-state index contributed by atoms with van der Waals surface area (Å²) in [6.45, 7) is 4.17. The summed E-state index contributed by atoms with van der Waals surface area (Å²) in [4.78, 5) is 29.1. The van der Waals surface area contributed by atoms with Crippen molar-refractivity contribution in [3.05, 3.63) is 82.9 Å². The maximum absolute atomic E-state index is 14.1. The molecule has 0 aromatic heterocycles. The molecule has 38 heavy (non-hydrogen) atoms. The summed E-state index contributed by atoms with van der Waals surface area (Å²) in [7, 11) is 2.00. The zero-order valence-corrected chi connectivity index (χ0v) is 20.6. The van der Waals surface area contributed by atoms with Crippen LogP contribution in [0.25, 0.3) is 11.1 Å². The minimum absolute atomic E-state index is 0.124. The fourth-order valence-corrected chi connectivity index (χ4v) is 4.39. The van der Waals surface area contributed by atoms with Crippen molar-refractivity contribution in [2.45, 2.75) is 19.1 Å². The number of hydrogen-bond donors (Lipinski definition) is 2. The topological polar surface area (TPSA) is 78.7 Å². The molecule has 0 radical (unpaired) electrons. The summed E-state index contributed by atoms with van der Waals surface area (Å²) < 4.78 is 68.4. The standard InChI is InChI=1S/C27H25F5N4O2/c1-15-14-36(10-9-35(15)2)18-5-7-19(16-3-8-23(29)21(11-16)25(33)37)24(13-18)34-26(38)20-6-4-17(28)12-22(20)27(30,31)32/h3-8,11-13,15H,9-10,14H2,1-2H3,(H2,33,37)(H,34,38)/t15-/m1/s1. The molecule has 1 saturated heterocycles. The van der Waals surface area contributed by atoms with Crippen molar-refractivity contribution in [1.82, 2.24) is 4.90 Å². The van der Waals surface area contributed by atoms with Gasteiger partial charge in [-0.05, 0) is 62.0 Å². The second-order valence-corrected chi connectivity index (χ2v) is 9.21. The third kappa shape index (κ3) is 5.62. The third-order valence-electron chi connectivity index (χ3n) is 6.65. The summed E-state index contributed by atoms with van der Waals surface area (Å²) in [5.41, 5.74) is 4.17. The molecule has 11 heteroatoms. The molecular formula is C27H25F5N4O2. The van der Waals surface area contributed by atoms with E-state index >= 15 is 0 Å². The van der Waals surface area contributed by atoms with E-state index in [9.17, 15) is 31.5 Å². The van der Waals surface area contributed by atoms with E-state index in [1.54, 1.807) is 18.2 Å². The summed E-state index contributed by atoms with van der Waals surface area (Å²) in [5.74, 6) is -4.08. The van der Waals surface area contributed by atoms with Gasteiger partial charge in [-0.1, -0.05) is 12.1 Å². The number of hydrogen-bond acceptors (Lipinski definition) is 4. The average molecular weight is 533 g/mol. The van der Waals surface area contributed by atoms with Gasteiger partial charge in [0, 0.05) is 36.9 Å². The number of nitrogens with one attached hydrogen (secondary N) is 1. The van der Waals surface area contributed by atoms with Crippen LogP contribution in [0.5, 0.6) is 0 Å². The van der Waals surface area contributed by atoms with E-state index < -0.39 is 40.8 Å². The highest BCUT2D eigenvalue weighted by atomic mass is 19.4. The number of rotatable bonds is 5. The molecule has 0 aliphatic carbocycles. The minimum Gasteiger partial charge on any atom is -0.369 e. The van der Waals surface area contributed by atoms with Crippen LogP contribution in [0.15, 0.2) is 54.6 Å². The molecule has 200 valence electrons. The molecule has 6 nitrogen and oxygen atoms in total. The Morgan fingerprint density at radius 1 is 0.974 bits per heavy atom. The quantitative estimate of drug-likeness (QED) is 0.446. The van der Waals surface area contributed by atoms with Crippen LogP contribution in [-0.4, -0.2) is 49.4 Å². The molecule has 1 atom stereocenters. The maximum Gasteiger partial charge on any atom is 0.417 e. The van der Waals surface area contributed by atoms with E-state index in [1.807, 2.05) is 7.05 Å². The Balaban J connectivity index is 1.80. The molecule has 3 aromatic rings. The van der Waals surface area contributed by atoms with E-state index in [2.05, 4.69) is 22.0 Å². The Kier molecular flexibility index (Phi) is 7.41. The van der Waals surface area contributed by atoms with Gasteiger partial charge in [-0.2, -0.15) is 13.2 Å². The van der Waals surface area contributed by atoms with Gasteiger partial charge in [0.25, 0.3) is 11.8 Å². The molecule has 2 amide bonds. The van der Waals surface area contributed by atoms with Crippen LogP contribution in [0, 0.1) is 11.6 Å².